The van der Waals surface area contributed by atoms with Crippen LogP contribution < -0.4 is 5.32 Å². The van der Waals surface area contributed by atoms with Crippen LogP contribution in [0, 0.1) is 0 Å². The highest BCUT2D eigenvalue weighted by molar-refractivity contribution is 5.77. The standard InChI is InChI=1S/C16H23NO4/c1-19-11-12-5-3-6-13(9-12)15(16(18)20-2)17-10-14-7-4-8-21-14/h3,5-6,9,14-15,17H,4,7-8,10-11H2,1-2H3. The first-order chi connectivity index (χ1) is 10.2. The van der Waals surface area contributed by atoms with E-state index in [1.54, 1.807) is 7.11 Å². The molecule has 1 aromatic carbocycles. The molecule has 1 saturated heterocycles. The first-order valence-electron chi connectivity index (χ1n) is 7.25. The number of benzene rings is 1. The van der Waals surface area contributed by atoms with Crippen molar-refractivity contribution in [1.82, 2.24) is 5.32 Å². The van der Waals surface area contributed by atoms with Gasteiger partial charge in [-0.05, 0) is 24.0 Å². The molecule has 0 aromatic heterocycles. The smallest absolute Gasteiger partial charge is 0.327 e. The Hall–Kier alpha value is -1.43. The summed E-state index contributed by atoms with van der Waals surface area (Å²) in [6.45, 7) is 1.97. The van der Waals surface area contributed by atoms with Crippen molar-refractivity contribution in [2.45, 2.75) is 31.6 Å². The number of hydrogen-bond acceptors (Lipinski definition) is 5. The highest BCUT2D eigenvalue weighted by atomic mass is 16.5. The van der Waals surface area contributed by atoms with Gasteiger partial charge >= 0.3 is 5.97 Å². The van der Waals surface area contributed by atoms with Crippen molar-refractivity contribution < 1.29 is 19.0 Å². The Morgan fingerprint density at radius 1 is 1.48 bits per heavy atom. The highest BCUT2D eigenvalue weighted by Crippen LogP contribution is 2.18. The number of rotatable bonds is 7. The van der Waals surface area contributed by atoms with Crippen LogP contribution in [0.1, 0.15) is 30.0 Å². The maximum atomic E-state index is 12.0. The lowest BCUT2D eigenvalue weighted by Crippen LogP contribution is -2.35. The predicted octanol–water partition coefficient (Wildman–Crippen LogP) is 1.82. The van der Waals surface area contributed by atoms with Crippen LogP contribution in [-0.2, 0) is 25.6 Å². The summed E-state index contributed by atoms with van der Waals surface area (Å²) in [7, 11) is 3.06. The first-order valence-corrected chi connectivity index (χ1v) is 7.25. The zero-order valence-electron chi connectivity index (χ0n) is 12.6. The number of hydrogen-bond donors (Lipinski definition) is 1. The van der Waals surface area contributed by atoms with E-state index in [1.807, 2.05) is 24.3 Å². The van der Waals surface area contributed by atoms with E-state index >= 15 is 0 Å². The molecule has 21 heavy (non-hydrogen) atoms. The van der Waals surface area contributed by atoms with Crippen LogP contribution in [0.15, 0.2) is 24.3 Å². The van der Waals surface area contributed by atoms with E-state index in [4.69, 9.17) is 14.2 Å². The largest absolute Gasteiger partial charge is 0.468 e. The fraction of sp³-hybridized carbons (Fsp3) is 0.562. The summed E-state index contributed by atoms with van der Waals surface area (Å²) in [5.41, 5.74) is 1.91. The number of nitrogens with one attached hydrogen (secondary N) is 1. The van der Waals surface area contributed by atoms with Gasteiger partial charge in [0.2, 0.25) is 0 Å². The van der Waals surface area contributed by atoms with Crippen LogP contribution in [0.5, 0.6) is 0 Å². The van der Waals surface area contributed by atoms with E-state index in [1.165, 1.54) is 7.11 Å². The highest BCUT2D eigenvalue weighted by Gasteiger charge is 2.24. The van der Waals surface area contributed by atoms with Crippen LogP contribution in [-0.4, -0.2) is 39.4 Å². The Labute approximate surface area is 125 Å². The lowest BCUT2D eigenvalue weighted by molar-refractivity contribution is -0.143. The van der Waals surface area contributed by atoms with Gasteiger partial charge in [-0.2, -0.15) is 0 Å². The summed E-state index contributed by atoms with van der Waals surface area (Å²) in [4.78, 5) is 12.0. The topological polar surface area (TPSA) is 56.8 Å². The summed E-state index contributed by atoms with van der Waals surface area (Å²) in [6, 6.07) is 7.31. The Morgan fingerprint density at radius 2 is 2.33 bits per heavy atom. The minimum absolute atomic E-state index is 0.180. The minimum atomic E-state index is -0.476. The van der Waals surface area contributed by atoms with Crippen LogP contribution in [0.2, 0.25) is 0 Å². The Balaban J connectivity index is 2.07. The number of carbonyl (C=O) groups excluding carboxylic acids is 1. The third-order valence-electron chi connectivity index (χ3n) is 3.61. The van der Waals surface area contributed by atoms with Gasteiger partial charge in [0.25, 0.3) is 0 Å². The summed E-state index contributed by atoms with van der Waals surface area (Å²) >= 11 is 0. The Kier molecular flexibility index (Phi) is 6.17. The van der Waals surface area contributed by atoms with Gasteiger partial charge in [0, 0.05) is 20.3 Å². The third-order valence-corrected chi connectivity index (χ3v) is 3.61. The van der Waals surface area contributed by atoms with Crippen LogP contribution >= 0.6 is 0 Å². The van der Waals surface area contributed by atoms with Gasteiger partial charge < -0.3 is 14.2 Å². The quantitative estimate of drug-likeness (QED) is 0.777. The zero-order valence-corrected chi connectivity index (χ0v) is 12.6. The molecule has 2 rings (SSSR count). The third kappa shape index (κ3) is 4.52. The number of carbonyl (C=O) groups is 1. The van der Waals surface area contributed by atoms with Crippen molar-refractivity contribution in [2.24, 2.45) is 0 Å². The molecule has 1 fully saturated rings. The fourth-order valence-electron chi connectivity index (χ4n) is 2.54. The Bertz CT molecular complexity index is 457. The molecule has 0 saturated carbocycles. The first kappa shape index (κ1) is 15.9. The van der Waals surface area contributed by atoms with Crippen LogP contribution in [0.25, 0.3) is 0 Å². The zero-order chi connectivity index (χ0) is 15.1. The molecule has 1 aliphatic heterocycles. The van der Waals surface area contributed by atoms with E-state index in [0.29, 0.717) is 13.2 Å². The van der Waals surface area contributed by atoms with Gasteiger partial charge in [-0.15, -0.1) is 0 Å². The normalized spacial score (nSPS) is 19.4. The lowest BCUT2D eigenvalue weighted by atomic mass is 10.0. The van der Waals surface area contributed by atoms with Gasteiger partial charge in [-0.1, -0.05) is 24.3 Å². The van der Waals surface area contributed by atoms with Crippen molar-refractivity contribution in [2.75, 3.05) is 27.4 Å². The maximum Gasteiger partial charge on any atom is 0.327 e. The van der Waals surface area contributed by atoms with Gasteiger partial charge in [0.1, 0.15) is 6.04 Å². The molecule has 0 amide bonds. The summed E-state index contributed by atoms with van der Waals surface area (Å²) in [5, 5.41) is 3.26. The molecule has 1 heterocycles. The van der Waals surface area contributed by atoms with Crippen molar-refractivity contribution in [1.29, 1.82) is 0 Å². The average molecular weight is 293 g/mol. The van der Waals surface area contributed by atoms with Crippen LogP contribution in [0.3, 0.4) is 0 Å². The van der Waals surface area contributed by atoms with E-state index in [0.717, 1.165) is 30.6 Å². The molecule has 1 aliphatic rings. The molecule has 1 N–H and O–H groups in total. The number of esters is 1. The van der Waals surface area contributed by atoms with Crippen molar-refractivity contribution in [3.63, 3.8) is 0 Å². The average Bonchev–Trinajstić information content (AvgIpc) is 3.01. The van der Waals surface area contributed by atoms with Crippen LogP contribution in [0.4, 0.5) is 0 Å². The van der Waals surface area contributed by atoms with Gasteiger partial charge in [0.15, 0.2) is 0 Å². The van der Waals surface area contributed by atoms with Gasteiger partial charge in [-0.3, -0.25) is 5.32 Å². The second-order valence-corrected chi connectivity index (χ2v) is 5.18. The molecule has 2 atom stereocenters. The van der Waals surface area contributed by atoms with Gasteiger partial charge in [-0.25, -0.2) is 4.79 Å². The lowest BCUT2D eigenvalue weighted by Gasteiger charge is -2.19. The van der Waals surface area contributed by atoms with E-state index in [9.17, 15) is 4.79 Å². The minimum Gasteiger partial charge on any atom is -0.468 e. The van der Waals surface area contributed by atoms with E-state index in [-0.39, 0.29) is 12.1 Å². The second-order valence-electron chi connectivity index (χ2n) is 5.18. The molecule has 116 valence electrons. The molecule has 0 bridgehead atoms. The fourth-order valence-corrected chi connectivity index (χ4v) is 2.54. The van der Waals surface area contributed by atoms with Crippen molar-refractivity contribution in [3.05, 3.63) is 35.4 Å². The Morgan fingerprint density at radius 3 is 3.00 bits per heavy atom. The molecule has 0 spiro atoms. The molecule has 2 unspecified atom stereocenters. The SMILES string of the molecule is COCc1cccc(C(NCC2CCCO2)C(=O)OC)c1. The van der Waals surface area contributed by atoms with Crippen molar-refractivity contribution in [3.8, 4) is 0 Å². The van der Waals surface area contributed by atoms with E-state index < -0.39 is 6.04 Å². The molecule has 5 heteroatoms. The summed E-state index contributed by atoms with van der Waals surface area (Å²) in [5.74, 6) is -0.289. The molecule has 0 radical (unpaired) electrons. The molecule has 1 aromatic rings. The second kappa shape index (κ2) is 8.12. The van der Waals surface area contributed by atoms with E-state index in [2.05, 4.69) is 5.32 Å². The molecular formula is C16H23NO4. The van der Waals surface area contributed by atoms with Crippen molar-refractivity contribution >= 4 is 5.97 Å². The summed E-state index contributed by atoms with van der Waals surface area (Å²) in [6.07, 6.45) is 2.29. The number of ether oxygens (including phenoxy) is 3. The summed E-state index contributed by atoms with van der Waals surface area (Å²) < 4.78 is 15.6. The molecular weight excluding hydrogens is 270 g/mol. The monoisotopic (exact) mass is 293 g/mol. The van der Waals surface area contributed by atoms with Gasteiger partial charge in [0.05, 0.1) is 19.8 Å². The molecule has 0 aliphatic carbocycles. The predicted molar refractivity (Wildman–Crippen MR) is 78.9 cm³/mol. The number of methoxy groups -OCH3 is 2. The maximum absolute atomic E-state index is 12.0. The molecule has 5 nitrogen and oxygen atoms in total.